The Hall–Kier alpha value is -3.69. The number of aryl methyl sites for hydroxylation is 2. The average Bonchev–Trinajstić information content (AvgIpc) is 2.94. The molecule has 0 fully saturated rings. The van der Waals surface area contributed by atoms with E-state index in [0.29, 0.717) is 6.79 Å². The molecule has 0 unspecified atom stereocenters. The second kappa shape index (κ2) is 11.6. The summed E-state index contributed by atoms with van der Waals surface area (Å²) in [6.45, 7) is 4.73. The van der Waals surface area contributed by atoms with Crippen molar-refractivity contribution >= 4 is 11.4 Å². The Bertz CT molecular complexity index is 1330. The molecule has 0 atom stereocenters. The molecule has 0 aliphatic heterocycles. The quantitative estimate of drug-likeness (QED) is 0.186. The third kappa shape index (κ3) is 5.68. The Morgan fingerprint density at radius 1 is 0.757 bits per heavy atom. The summed E-state index contributed by atoms with van der Waals surface area (Å²) in [5, 5.41) is 0. The van der Waals surface area contributed by atoms with E-state index in [1.54, 1.807) is 7.11 Å². The van der Waals surface area contributed by atoms with Crippen LogP contribution >= 0.6 is 0 Å². The van der Waals surface area contributed by atoms with Gasteiger partial charge in [-0.15, -0.1) is 0 Å². The summed E-state index contributed by atoms with van der Waals surface area (Å²) in [5.74, 6) is 0.979. The zero-order valence-corrected chi connectivity index (χ0v) is 22.1. The van der Waals surface area contributed by atoms with Crippen molar-refractivity contribution in [1.82, 2.24) is 0 Å². The predicted molar refractivity (Wildman–Crippen MR) is 152 cm³/mol. The third-order valence-corrected chi connectivity index (χ3v) is 7.30. The molecule has 0 saturated carbocycles. The molecule has 37 heavy (non-hydrogen) atoms. The lowest BCUT2D eigenvalue weighted by Crippen LogP contribution is -2.11. The van der Waals surface area contributed by atoms with E-state index in [-0.39, 0.29) is 0 Å². The highest BCUT2D eigenvalue weighted by Crippen LogP contribution is 2.35. The number of methoxy groups -OCH3 is 1. The molecule has 3 nitrogen and oxygen atoms in total. The van der Waals surface area contributed by atoms with E-state index in [4.69, 9.17) is 14.5 Å². The van der Waals surface area contributed by atoms with Gasteiger partial charge >= 0.3 is 0 Å². The van der Waals surface area contributed by atoms with Gasteiger partial charge in [0.25, 0.3) is 0 Å². The third-order valence-electron chi connectivity index (χ3n) is 7.30. The van der Waals surface area contributed by atoms with Crippen molar-refractivity contribution in [1.29, 1.82) is 0 Å². The smallest absolute Gasteiger partial charge is 0.188 e. The number of hydrogen-bond donors (Lipinski definition) is 0. The largest absolute Gasteiger partial charge is 0.467 e. The monoisotopic (exact) mass is 489 g/mol. The summed E-state index contributed by atoms with van der Waals surface area (Å²) in [7, 11) is 1.67. The first-order valence-electron chi connectivity index (χ1n) is 13.2. The zero-order chi connectivity index (χ0) is 25.6. The predicted octanol–water partition coefficient (Wildman–Crippen LogP) is 7.92. The lowest BCUT2D eigenvalue weighted by Gasteiger charge is -2.23. The first-order valence-corrected chi connectivity index (χ1v) is 13.2. The van der Waals surface area contributed by atoms with Crippen molar-refractivity contribution in [3.8, 4) is 5.75 Å². The molecule has 0 N–H and O–H groups in total. The van der Waals surface area contributed by atoms with E-state index >= 15 is 0 Å². The van der Waals surface area contributed by atoms with E-state index in [1.165, 1.54) is 46.2 Å². The molecule has 0 spiro atoms. The van der Waals surface area contributed by atoms with E-state index in [1.807, 2.05) is 12.1 Å². The number of aliphatic imine (C=N–C) groups is 1. The number of nitrogens with zero attached hydrogens (tertiary/aromatic N) is 1. The lowest BCUT2D eigenvalue weighted by molar-refractivity contribution is 0.0502. The van der Waals surface area contributed by atoms with Gasteiger partial charge in [0.2, 0.25) is 0 Å². The fourth-order valence-corrected chi connectivity index (χ4v) is 5.45. The molecule has 188 valence electrons. The van der Waals surface area contributed by atoms with Gasteiger partial charge in [-0.05, 0) is 97.5 Å². The van der Waals surface area contributed by atoms with Crippen LogP contribution in [-0.2, 0) is 24.0 Å². The number of benzene rings is 4. The molecule has 0 radical (unpaired) electrons. The van der Waals surface area contributed by atoms with Crippen LogP contribution in [0.15, 0.2) is 89.9 Å². The molecule has 5 rings (SSSR count). The van der Waals surface area contributed by atoms with Crippen molar-refractivity contribution in [2.75, 3.05) is 13.9 Å². The molecule has 1 aliphatic rings. The first kappa shape index (κ1) is 25.0. The number of fused-ring (bicyclic) bond motifs is 1. The Morgan fingerprint density at radius 3 is 1.95 bits per heavy atom. The van der Waals surface area contributed by atoms with Gasteiger partial charge in [0, 0.05) is 18.2 Å². The Balaban J connectivity index is 1.49. The molecule has 4 aromatic rings. The topological polar surface area (TPSA) is 30.8 Å². The van der Waals surface area contributed by atoms with Crippen LogP contribution in [0.5, 0.6) is 5.75 Å². The van der Waals surface area contributed by atoms with E-state index in [0.717, 1.165) is 47.5 Å². The molecule has 4 aromatic carbocycles. The SMILES string of the molecule is COCOc1ccc(Cc2c(C)cc(N=C(c3ccccc3)c3ccccc3)cc2C)c2c1CCCC2. The van der Waals surface area contributed by atoms with Gasteiger partial charge in [-0.2, -0.15) is 0 Å². The van der Waals surface area contributed by atoms with Crippen molar-refractivity contribution in [3.63, 3.8) is 0 Å². The summed E-state index contributed by atoms with van der Waals surface area (Å²) in [6, 6.07) is 29.7. The van der Waals surface area contributed by atoms with Crippen LogP contribution in [0.25, 0.3) is 0 Å². The Kier molecular flexibility index (Phi) is 7.82. The molecule has 0 bridgehead atoms. The van der Waals surface area contributed by atoms with Crippen LogP contribution in [0.2, 0.25) is 0 Å². The minimum absolute atomic E-state index is 0.292. The lowest BCUT2D eigenvalue weighted by atomic mass is 9.84. The highest BCUT2D eigenvalue weighted by molar-refractivity contribution is 6.13. The minimum Gasteiger partial charge on any atom is -0.467 e. The van der Waals surface area contributed by atoms with Crippen LogP contribution < -0.4 is 4.74 Å². The van der Waals surface area contributed by atoms with Crippen LogP contribution in [0, 0.1) is 13.8 Å². The fourth-order valence-electron chi connectivity index (χ4n) is 5.45. The fraction of sp³-hybridized carbons (Fsp3) is 0.265. The van der Waals surface area contributed by atoms with Gasteiger partial charge in [-0.25, -0.2) is 4.99 Å². The molecule has 1 aliphatic carbocycles. The van der Waals surface area contributed by atoms with E-state index in [9.17, 15) is 0 Å². The van der Waals surface area contributed by atoms with E-state index in [2.05, 4.69) is 86.6 Å². The van der Waals surface area contributed by atoms with Crippen molar-refractivity contribution in [3.05, 3.63) is 129 Å². The molecule has 3 heteroatoms. The van der Waals surface area contributed by atoms with Gasteiger partial charge in [-0.3, -0.25) is 0 Å². The standard InChI is InChI=1S/C34H35NO2/c1-24-20-29(35-34(26-12-6-4-7-13-26)27-14-8-5-9-15-27)21-25(2)32(24)22-28-18-19-33(37-23-36-3)31-17-11-10-16-30(28)31/h4-9,12-15,18-21H,10-11,16-17,22-23H2,1-3H3. The van der Waals surface area contributed by atoms with Gasteiger partial charge in [-0.1, -0.05) is 66.7 Å². The van der Waals surface area contributed by atoms with Gasteiger partial charge in [0.1, 0.15) is 5.75 Å². The van der Waals surface area contributed by atoms with Crippen molar-refractivity contribution in [2.45, 2.75) is 46.0 Å². The van der Waals surface area contributed by atoms with Crippen molar-refractivity contribution in [2.24, 2.45) is 4.99 Å². The van der Waals surface area contributed by atoms with Gasteiger partial charge in [0.15, 0.2) is 6.79 Å². The maximum absolute atomic E-state index is 5.89. The first-order chi connectivity index (χ1) is 18.1. The maximum atomic E-state index is 5.89. The second-order valence-corrected chi connectivity index (χ2v) is 9.87. The molecule has 0 amide bonds. The van der Waals surface area contributed by atoms with Crippen LogP contribution in [-0.4, -0.2) is 19.6 Å². The molecular weight excluding hydrogens is 454 g/mol. The highest BCUT2D eigenvalue weighted by Gasteiger charge is 2.19. The maximum Gasteiger partial charge on any atom is 0.188 e. The average molecular weight is 490 g/mol. The summed E-state index contributed by atoms with van der Waals surface area (Å²) in [6.07, 6.45) is 5.58. The van der Waals surface area contributed by atoms with Crippen LogP contribution in [0.4, 0.5) is 5.69 Å². The molecule has 0 saturated heterocycles. The second-order valence-electron chi connectivity index (χ2n) is 9.87. The normalized spacial score (nSPS) is 12.6. The summed E-state index contributed by atoms with van der Waals surface area (Å²) < 4.78 is 11.1. The minimum atomic E-state index is 0.292. The number of hydrogen-bond acceptors (Lipinski definition) is 3. The Labute approximate surface area is 220 Å². The number of rotatable bonds is 8. The molecule has 0 heterocycles. The highest BCUT2D eigenvalue weighted by atomic mass is 16.7. The number of ether oxygens (including phenoxy) is 2. The summed E-state index contributed by atoms with van der Waals surface area (Å²) >= 11 is 0. The van der Waals surface area contributed by atoms with Gasteiger partial charge < -0.3 is 9.47 Å². The van der Waals surface area contributed by atoms with Gasteiger partial charge in [0.05, 0.1) is 11.4 Å². The van der Waals surface area contributed by atoms with E-state index < -0.39 is 0 Å². The van der Waals surface area contributed by atoms with Crippen LogP contribution in [0.3, 0.4) is 0 Å². The summed E-state index contributed by atoms with van der Waals surface area (Å²) in [5.41, 5.74) is 12.4. The zero-order valence-electron chi connectivity index (χ0n) is 22.1. The Morgan fingerprint density at radius 2 is 1.35 bits per heavy atom. The van der Waals surface area contributed by atoms with Crippen LogP contribution in [0.1, 0.15) is 57.3 Å². The molecule has 0 aromatic heterocycles. The molecular formula is C34H35NO2. The van der Waals surface area contributed by atoms with Crippen molar-refractivity contribution < 1.29 is 9.47 Å². The summed E-state index contributed by atoms with van der Waals surface area (Å²) in [4.78, 5) is 5.17.